The van der Waals surface area contributed by atoms with Crippen LogP contribution in [0.1, 0.15) is 26.7 Å². The Hall–Kier alpha value is -2.05. The minimum absolute atomic E-state index is 0.252. The molecule has 7 heteroatoms. The quantitative estimate of drug-likeness (QED) is 0.761. The number of carbonyl (C=O) groups is 1. The maximum atomic E-state index is 11.9. The number of anilines is 1. The Labute approximate surface area is 118 Å². The van der Waals surface area contributed by atoms with Gasteiger partial charge < -0.3 is 19.5 Å². The Kier molecular flexibility index (Phi) is 5.54. The summed E-state index contributed by atoms with van der Waals surface area (Å²) in [5, 5.41) is 3.00. The summed E-state index contributed by atoms with van der Waals surface area (Å²) >= 11 is 0. The average Bonchev–Trinajstić information content (AvgIpc) is 2.45. The van der Waals surface area contributed by atoms with Gasteiger partial charge in [-0.25, -0.2) is 4.79 Å². The van der Waals surface area contributed by atoms with Crippen LogP contribution in [0.25, 0.3) is 0 Å². The van der Waals surface area contributed by atoms with Crippen molar-refractivity contribution < 1.29 is 19.0 Å². The van der Waals surface area contributed by atoms with Gasteiger partial charge in [0.25, 0.3) is 0 Å². The fraction of sp³-hybridized carbons (Fsp3) is 0.615. The highest BCUT2D eigenvalue weighted by molar-refractivity contribution is 5.83. The minimum Gasteiger partial charge on any atom is -0.481 e. The number of aromatic nitrogens is 2. The Bertz CT molecular complexity index is 445. The molecule has 0 bridgehead atoms. The molecule has 0 amide bonds. The van der Waals surface area contributed by atoms with E-state index in [0.29, 0.717) is 18.2 Å². The van der Waals surface area contributed by atoms with Crippen molar-refractivity contribution in [3.05, 3.63) is 6.07 Å². The Morgan fingerprint density at radius 2 is 1.80 bits per heavy atom. The lowest BCUT2D eigenvalue weighted by molar-refractivity contribution is -0.145. The molecule has 0 saturated carbocycles. The van der Waals surface area contributed by atoms with Crippen LogP contribution in [0.15, 0.2) is 6.07 Å². The summed E-state index contributed by atoms with van der Waals surface area (Å²) in [4.78, 5) is 20.2. The number of hydrogen-bond acceptors (Lipinski definition) is 7. The van der Waals surface area contributed by atoms with E-state index < -0.39 is 5.54 Å². The van der Waals surface area contributed by atoms with Crippen molar-refractivity contribution in [2.75, 3.05) is 26.6 Å². The smallest absolute Gasteiger partial charge is 0.331 e. The number of methoxy groups -OCH3 is 3. The largest absolute Gasteiger partial charge is 0.481 e. The van der Waals surface area contributed by atoms with Gasteiger partial charge in [0.2, 0.25) is 17.7 Å². The second-order valence-electron chi connectivity index (χ2n) is 4.47. The van der Waals surface area contributed by atoms with Crippen LogP contribution in [0, 0.1) is 0 Å². The van der Waals surface area contributed by atoms with E-state index in [0.717, 1.165) is 6.42 Å². The van der Waals surface area contributed by atoms with Crippen molar-refractivity contribution >= 4 is 11.9 Å². The predicted molar refractivity (Wildman–Crippen MR) is 74.1 cm³/mol. The molecule has 20 heavy (non-hydrogen) atoms. The highest BCUT2D eigenvalue weighted by Crippen LogP contribution is 2.23. The third kappa shape index (κ3) is 3.72. The number of ether oxygens (including phenoxy) is 3. The van der Waals surface area contributed by atoms with E-state index >= 15 is 0 Å². The van der Waals surface area contributed by atoms with Gasteiger partial charge >= 0.3 is 5.97 Å². The van der Waals surface area contributed by atoms with Gasteiger partial charge in [-0.3, -0.25) is 0 Å². The molecule has 0 spiro atoms. The second-order valence-corrected chi connectivity index (χ2v) is 4.47. The van der Waals surface area contributed by atoms with Crippen LogP contribution in [-0.2, 0) is 9.53 Å². The molecule has 0 saturated heterocycles. The van der Waals surface area contributed by atoms with Crippen molar-refractivity contribution in [2.24, 2.45) is 0 Å². The van der Waals surface area contributed by atoms with E-state index in [1.54, 1.807) is 13.0 Å². The monoisotopic (exact) mass is 283 g/mol. The zero-order chi connectivity index (χ0) is 15.2. The van der Waals surface area contributed by atoms with Crippen molar-refractivity contribution in [3.63, 3.8) is 0 Å². The first-order chi connectivity index (χ1) is 9.48. The SMILES string of the molecule is CCCC(C)(Nc1nc(OC)cc(OC)n1)C(=O)OC. The van der Waals surface area contributed by atoms with Gasteiger partial charge in [-0.2, -0.15) is 9.97 Å². The molecular weight excluding hydrogens is 262 g/mol. The second kappa shape index (κ2) is 6.93. The maximum Gasteiger partial charge on any atom is 0.331 e. The summed E-state index contributed by atoms with van der Waals surface area (Å²) in [6.07, 6.45) is 1.39. The number of esters is 1. The first kappa shape index (κ1) is 16.0. The van der Waals surface area contributed by atoms with Crippen LogP contribution in [0.5, 0.6) is 11.8 Å². The lowest BCUT2D eigenvalue weighted by Crippen LogP contribution is -2.44. The molecule has 1 unspecified atom stereocenters. The topological polar surface area (TPSA) is 82.6 Å². The van der Waals surface area contributed by atoms with Crippen LogP contribution < -0.4 is 14.8 Å². The van der Waals surface area contributed by atoms with Gasteiger partial charge in [0, 0.05) is 0 Å². The molecule has 1 aromatic heterocycles. The fourth-order valence-corrected chi connectivity index (χ4v) is 1.86. The maximum absolute atomic E-state index is 11.9. The number of carbonyl (C=O) groups excluding carboxylic acids is 1. The van der Waals surface area contributed by atoms with E-state index in [-0.39, 0.29) is 11.9 Å². The van der Waals surface area contributed by atoms with E-state index in [1.165, 1.54) is 21.3 Å². The van der Waals surface area contributed by atoms with Gasteiger partial charge in [-0.05, 0) is 13.3 Å². The van der Waals surface area contributed by atoms with Gasteiger partial charge in [-0.15, -0.1) is 0 Å². The van der Waals surface area contributed by atoms with Crippen LogP contribution in [0.4, 0.5) is 5.95 Å². The summed E-state index contributed by atoms with van der Waals surface area (Å²) in [5.74, 6) is 0.582. The number of nitrogens with one attached hydrogen (secondary N) is 1. The molecule has 0 aliphatic heterocycles. The fourth-order valence-electron chi connectivity index (χ4n) is 1.86. The molecule has 0 fully saturated rings. The van der Waals surface area contributed by atoms with E-state index in [1.807, 2.05) is 6.92 Å². The van der Waals surface area contributed by atoms with Crippen molar-refractivity contribution in [2.45, 2.75) is 32.2 Å². The zero-order valence-electron chi connectivity index (χ0n) is 12.5. The van der Waals surface area contributed by atoms with Gasteiger partial charge in [0.15, 0.2) is 0 Å². The van der Waals surface area contributed by atoms with Crippen molar-refractivity contribution in [1.82, 2.24) is 9.97 Å². The molecule has 1 atom stereocenters. The summed E-state index contributed by atoms with van der Waals surface area (Å²) in [6.45, 7) is 3.73. The Morgan fingerprint density at radius 3 is 2.20 bits per heavy atom. The lowest BCUT2D eigenvalue weighted by atomic mass is 9.96. The number of hydrogen-bond donors (Lipinski definition) is 1. The standard InChI is InChI=1S/C13H21N3O4/c1-6-7-13(2,11(17)20-5)16-12-14-9(18-3)8-10(15-12)19-4/h8H,6-7H2,1-5H3,(H,14,15,16). The minimum atomic E-state index is -0.902. The third-order valence-electron chi connectivity index (χ3n) is 2.87. The van der Waals surface area contributed by atoms with Gasteiger partial charge in [-0.1, -0.05) is 13.3 Å². The molecule has 112 valence electrons. The van der Waals surface area contributed by atoms with E-state index in [2.05, 4.69) is 15.3 Å². The zero-order valence-corrected chi connectivity index (χ0v) is 12.5. The molecule has 0 radical (unpaired) electrons. The Balaban J connectivity index is 3.07. The molecule has 0 aliphatic rings. The van der Waals surface area contributed by atoms with E-state index in [9.17, 15) is 4.79 Å². The van der Waals surface area contributed by atoms with E-state index in [4.69, 9.17) is 14.2 Å². The first-order valence-electron chi connectivity index (χ1n) is 6.32. The van der Waals surface area contributed by atoms with Crippen LogP contribution in [0.2, 0.25) is 0 Å². The molecule has 0 aromatic carbocycles. The average molecular weight is 283 g/mol. The molecule has 1 rings (SSSR count). The summed E-state index contributed by atoms with van der Waals surface area (Å²) in [5.41, 5.74) is -0.902. The molecule has 0 aliphatic carbocycles. The summed E-state index contributed by atoms with van der Waals surface area (Å²) in [6, 6.07) is 1.56. The van der Waals surface area contributed by atoms with Crippen LogP contribution in [-0.4, -0.2) is 42.8 Å². The highest BCUT2D eigenvalue weighted by atomic mass is 16.5. The lowest BCUT2D eigenvalue weighted by Gasteiger charge is -2.27. The van der Waals surface area contributed by atoms with Crippen molar-refractivity contribution in [3.8, 4) is 11.8 Å². The first-order valence-corrected chi connectivity index (χ1v) is 6.32. The third-order valence-corrected chi connectivity index (χ3v) is 2.87. The van der Waals surface area contributed by atoms with Crippen LogP contribution >= 0.6 is 0 Å². The van der Waals surface area contributed by atoms with Crippen LogP contribution in [0.3, 0.4) is 0 Å². The molecule has 7 nitrogen and oxygen atoms in total. The van der Waals surface area contributed by atoms with Gasteiger partial charge in [0.05, 0.1) is 27.4 Å². The summed E-state index contributed by atoms with van der Waals surface area (Å²) in [7, 11) is 4.35. The predicted octanol–water partition coefficient (Wildman–Crippen LogP) is 1.64. The molecule has 1 aromatic rings. The highest BCUT2D eigenvalue weighted by Gasteiger charge is 2.34. The van der Waals surface area contributed by atoms with Gasteiger partial charge in [0.1, 0.15) is 5.54 Å². The summed E-state index contributed by atoms with van der Waals surface area (Å²) < 4.78 is 15.0. The van der Waals surface area contributed by atoms with Crippen molar-refractivity contribution in [1.29, 1.82) is 0 Å². The molecule has 1 N–H and O–H groups in total. The number of rotatable bonds is 7. The number of nitrogens with zero attached hydrogens (tertiary/aromatic N) is 2. The molecular formula is C13H21N3O4. The normalized spacial score (nSPS) is 13.2. The molecule has 1 heterocycles. The Morgan fingerprint density at radius 1 is 1.25 bits per heavy atom.